The zero-order valence-electron chi connectivity index (χ0n) is 30.0. The predicted octanol–water partition coefficient (Wildman–Crippen LogP) is 10.3. The minimum Gasteiger partial charge on any atom is -0.744 e. The van der Waals surface area contributed by atoms with Gasteiger partial charge in [0.2, 0.25) is 0 Å². The van der Waals surface area contributed by atoms with E-state index in [1.807, 2.05) is 12.1 Å². The molecule has 2 aromatic carbocycles. The maximum Gasteiger partial charge on any atom is 2.00 e. The van der Waals surface area contributed by atoms with Gasteiger partial charge in [0.25, 0.3) is 0 Å². The summed E-state index contributed by atoms with van der Waals surface area (Å²) in [5.41, 5.74) is 2.48. The molecule has 0 bridgehead atoms. The predicted molar refractivity (Wildman–Crippen MR) is 195 cm³/mol. The van der Waals surface area contributed by atoms with Gasteiger partial charge in [-0.1, -0.05) is 166 Å². The molecule has 0 atom stereocenters. The molecule has 264 valence electrons. The van der Waals surface area contributed by atoms with Crippen molar-refractivity contribution in [1.82, 2.24) is 0 Å². The Morgan fingerprint density at radius 3 is 0.957 bits per heavy atom. The van der Waals surface area contributed by atoms with Crippen LogP contribution in [0.3, 0.4) is 0 Å². The minimum atomic E-state index is -4.38. The van der Waals surface area contributed by atoms with Gasteiger partial charge < -0.3 is 9.11 Å². The second kappa shape index (κ2) is 26.8. The Labute approximate surface area is 305 Å². The van der Waals surface area contributed by atoms with Gasteiger partial charge in [-0.3, -0.25) is 0 Å². The van der Waals surface area contributed by atoms with Crippen LogP contribution in [0.4, 0.5) is 0 Å². The van der Waals surface area contributed by atoms with Crippen molar-refractivity contribution in [1.29, 1.82) is 0 Å². The first kappa shape index (κ1) is 46.0. The van der Waals surface area contributed by atoms with E-state index in [0.717, 1.165) is 25.7 Å². The van der Waals surface area contributed by atoms with Crippen molar-refractivity contribution in [2.24, 2.45) is 0 Å². The molecule has 47 heavy (non-hydrogen) atoms. The van der Waals surface area contributed by atoms with Crippen molar-refractivity contribution in [3.05, 3.63) is 58.7 Å². The summed E-state index contributed by atoms with van der Waals surface area (Å²) in [5, 5.41) is 0. The summed E-state index contributed by atoms with van der Waals surface area (Å²) < 4.78 is 68.4. The van der Waals surface area contributed by atoms with Gasteiger partial charge in [0.1, 0.15) is 20.2 Å². The summed E-state index contributed by atoms with van der Waals surface area (Å²) in [4.78, 5) is -0.00755. The van der Waals surface area contributed by atoms with E-state index in [1.54, 1.807) is 38.1 Å². The fourth-order valence-corrected chi connectivity index (χ4v) is 8.05. The van der Waals surface area contributed by atoms with Crippen LogP contribution in [-0.2, 0) is 33.1 Å². The van der Waals surface area contributed by atoms with E-state index in [4.69, 9.17) is 0 Å². The first-order valence-electron chi connectivity index (χ1n) is 18.0. The average molecular weight is 703 g/mol. The van der Waals surface area contributed by atoms with Crippen molar-refractivity contribution in [3.63, 3.8) is 0 Å². The average Bonchev–Trinajstić information content (AvgIpc) is 2.98. The van der Waals surface area contributed by atoms with Crippen LogP contribution in [0.15, 0.2) is 46.2 Å². The van der Waals surface area contributed by atoms with E-state index in [9.17, 15) is 25.9 Å². The molecule has 0 aliphatic heterocycles. The zero-order chi connectivity index (χ0) is 34.3. The van der Waals surface area contributed by atoms with Crippen molar-refractivity contribution in [2.45, 2.75) is 179 Å². The molecule has 0 aliphatic rings. The van der Waals surface area contributed by atoms with Gasteiger partial charge in [0, 0.05) is 0 Å². The molecular formula is C38H62MgO6S2. The molecule has 0 aliphatic carbocycles. The maximum atomic E-state index is 11.4. The van der Waals surface area contributed by atoms with Crippen LogP contribution in [0.2, 0.25) is 0 Å². The van der Waals surface area contributed by atoms with E-state index in [2.05, 4.69) is 13.8 Å². The minimum absolute atomic E-state index is 0. The summed E-state index contributed by atoms with van der Waals surface area (Å²) in [6.07, 6.45) is 26.3. The normalized spacial score (nSPS) is 11.5. The molecular weight excluding hydrogens is 641 g/mol. The molecule has 2 rings (SSSR count). The number of rotatable bonds is 24. The number of aryl methyl sites for hydroxylation is 4. The number of hydrogen-bond acceptors (Lipinski definition) is 6. The van der Waals surface area contributed by atoms with E-state index in [0.29, 0.717) is 35.1 Å². The second-order valence-corrected chi connectivity index (χ2v) is 15.5. The third-order valence-electron chi connectivity index (χ3n) is 8.69. The summed E-state index contributed by atoms with van der Waals surface area (Å²) >= 11 is 0. The van der Waals surface area contributed by atoms with Gasteiger partial charge in [-0.05, 0) is 61.8 Å². The van der Waals surface area contributed by atoms with Crippen LogP contribution in [0.1, 0.15) is 165 Å². The van der Waals surface area contributed by atoms with Gasteiger partial charge in [-0.15, -0.1) is 0 Å². The molecule has 0 amide bonds. The van der Waals surface area contributed by atoms with E-state index in [-0.39, 0.29) is 32.8 Å². The smallest absolute Gasteiger partial charge is 0.744 e. The topological polar surface area (TPSA) is 114 Å². The Balaban J connectivity index is 0.000000882. The van der Waals surface area contributed by atoms with Crippen molar-refractivity contribution >= 4 is 43.3 Å². The fraction of sp³-hybridized carbons (Fsp3) is 0.684. The molecule has 0 saturated carbocycles. The fourth-order valence-electron chi connectivity index (χ4n) is 6.14. The van der Waals surface area contributed by atoms with Gasteiger partial charge in [0.05, 0.1) is 9.79 Å². The molecule has 6 nitrogen and oxygen atoms in total. The monoisotopic (exact) mass is 702 g/mol. The maximum absolute atomic E-state index is 11.4. The summed E-state index contributed by atoms with van der Waals surface area (Å²) in [6, 6.07) is 10.6. The van der Waals surface area contributed by atoms with Crippen LogP contribution in [-0.4, -0.2) is 49.0 Å². The summed E-state index contributed by atoms with van der Waals surface area (Å²) in [5.74, 6) is 0. The van der Waals surface area contributed by atoms with Gasteiger partial charge in [-0.2, -0.15) is 0 Å². The summed E-state index contributed by atoms with van der Waals surface area (Å²) in [7, 11) is -8.75. The molecule has 0 saturated heterocycles. The van der Waals surface area contributed by atoms with Crippen LogP contribution in [0.5, 0.6) is 0 Å². The third-order valence-corrected chi connectivity index (χ3v) is 10.9. The molecule has 2 aromatic rings. The van der Waals surface area contributed by atoms with Crippen LogP contribution < -0.4 is 0 Å². The Hall–Kier alpha value is -0.974. The number of benzene rings is 2. The Morgan fingerprint density at radius 2 is 0.702 bits per heavy atom. The van der Waals surface area contributed by atoms with E-state index >= 15 is 0 Å². The Morgan fingerprint density at radius 1 is 0.447 bits per heavy atom. The molecule has 0 unspecified atom stereocenters. The van der Waals surface area contributed by atoms with Gasteiger partial charge in [0.15, 0.2) is 0 Å². The van der Waals surface area contributed by atoms with Gasteiger partial charge in [-0.25, -0.2) is 16.8 Å². The molecule has 9 heteroatoms. The number of unbranched alkanes of at least 4 members (excludes halogenated alkanes) is 18. The Kier molecular flexibility index (Phi) is 26.3. The van der Waals surface area contributed by atoms with Crippen molar-refractivity contribution < 1.29 is 25.9 Å². The standard InChI is InChI=1S/2C19H32O3S.Mg/c2*1-3-4-5-6-7-8-9-10-11-12-15-18-16-13-14-17(2)19(18)23(20,21)22;/h2*13-14,16H,3-12,15H2,1-2H3,(H,20,21,22);/q;;+2/p-2. The first-order chi connectivity index (χ1) is 21.9. The summed E-state index contributed by atoms with van der Waals surface area (Å²) in [6.45, 7) is 7.84. The molecule has 0 N–H and O–H groups in total. The first-order valence-corrected chi connectivity index (χ1v) is 20.8. The molecule has 0 radical (unpaired) electrons. The SMILES string of the molecule is CCCCCCCCCCCCc1cccc(C)c1S(=O)(=O)[O-].CCCCCCCCCCCCc1cccc(C)c1S(=O)(=O)[O-].[Mg+2]. The quantitative estimate of drug-likeness (QED) is 0.0611. The van der Waals surface area contributed by atoms with Crippen molar-refractivity contribution in [2.75, 3.05) is 0 Å². The van der Waals surface area contributed by atoms with Crippen LogP contribution >= 0.6 is 0 Å². The van der Waals surface area contributed by atoms with Gasteiger partial charge >= 0.3 is 23.1 Å². The third kappa shape index (κ3) is 21.0. The molecule has 0 fully saturated rings. The zero-order valence-corrected chi connectivity index (χ0v) is 33.0. The molecule has 0 spiro atoms. The van der Waals surface area contributed by atoms with E-state index in [1.165, 1.54) is 103 Å². The van der Waals surface area contributed by atoms with Crippen molar-refractivity contribution in [3.8, 4) is 0 Å². The largest absolute Gasteiger partial charge is 2.00 e. The molecule has 0 aromatic heterocycles. The van der Waals surface area contributed by atoms with Crippen LogP contribution in [0, 0.1) is 13.8 Å². The van der Waals surface area contributed by atoms with E-state index < -0.39 is 20.2 Å². The number of hydrogen-bond donors (Lipinski definition) is 0. The molecule has 0 heterocycles. The second-order valence-electron chi connectivity index (χ2n) is 12.9. The van der Waals surface area contributed by atoms with Crippen LogP contribution in [0.25, 0.3) is 0 Å². The Bertz CT molecular complexity index is 1210.